The summed E-state index contributed by atoms with van der Waals surface area (Å²) in [5, 5.41) is 11.2. The molecular weight excluding hydrogens is 348 g/mol. The molecule has 0 saturated heterocycles. The Morgan fingerprint density at radius 2 is 1.96 bits per heavy atom. The van der Waals surface area contributed by atoms with E-state index in [1.54, 1.807) is 4.68 Å². The zero-order valence-corrected chi connectivity index (χ0v) is 15.7. The summed E-state index contributed by atoms with van der Waals surface area (Å²) in [7, 11) is 1.88. The third kappa shape index (κ3) is 3.10. The number of nitrogens with one attached hydrogen (secondary N) is 2. The van der Waals surface area contributed by atoms with Gasteiger partial charge in [-0.1, -0.05) is 6.07 Å². The van der Waals surface area contributed by atoms with Crippen molar-refractivity contribution in [3.05, 3.63) is 40.4 Å². The highest BCUT2D eigenvalue weighted by molar-refractivity contribution is 7.20. The molecule has 2 heterocycles. The minimum atomic E-state index is -0.153. The van der Waals surface area contributed by atoms with Crippen LogP contribution in [0.2, 0.25) is 0 Å². The van der Waals surface area contributed by atoms with E-state index in [0.29, 0.717) is 16.3 Å². The van der Waals surface area contributed by atoms with E-state index in [2.05, 4.69) is 15.7 Å². The van der Waals surface area contributed by atoms with Crippen LogP contribution in [0.25, 0.3) is 10.2 Å². The number of aryl methyl sites for hydroxylation is 3. The third-order valence-electron chi connectivity index (χ3n) is 4.62. The summed E-state index contributed by atoms with van der Waals surface area (Å²) in [5.74, 6) is 0.0442. The number of amides is 2. The molecule has 26 heavy (non-hydrogen) atoms. The van der Waals surface area contributed by atoms with Crippen LogP contribution in [0.5, 0.6) is 0 Å². The number of nitrogens with zero attached hydrogens (tertiary/aromatic N) is 2. The number of thiophene rings is 1. The summed E-state index contributed by atoms with van der Waals surface area (Å²) in [5.41, 5.74) is 3.27. The van der Waals surface area contributed by atoms with Crippen molar-refractivity contribution < 1.29 is 9.59 Å². The third-order valence-corrected chi connectivity index (χ3v) is 5.82. The van der Waals surface area contributed by atoms with Crippen molar-refractivity contribution in [2.24, 2.45) is 13.0 Å². The fourth-order valence-electron chi connectivity index (χ4n) is 2.93. The van der Waals surface area contributed by atoms with Crippen molar-refractivity contribution in [1.82, 2.24) is 9.78 Å². The van der Waals surface area contributed by atoms with Crippen molar-refractivity contribution in [3.8, 4) is 0 Å². The molecule has 1 aromatic carbocycles. The highest BCUT2D eigenvalue weighted by Crippen LogP contribution is 2.31. The van der Waals surface area contributed by atoms with Gasteiger partial charge in [0.15, 0.2) is 0 Å². The SMILES string of the molecule is Cc1ccc(NC(=O)C2CC2)cc1NC(=O)c1cc2c(C)nn(C)c2s1. The van der Waals surface area contributed by atoms with Gasteiger partial charge in [-0.2, -0.15) is 5.10 Å². The Balaban J connectivity index is 1.55. The monoisotopic (exact) mass is 368 g/mol. The number of benzene rings is 1. The van der Waals surface area contributed by atoms with E-state index in [-0.39, 0.29) is 17.7 Å². The van der Waals surface area contributed by atoms with Gasteiger partial charge in [0.1, 0.15) is 4.83 Å². The molecule has 1 saturated carbocycles. The Kier molecular flexibility index (Phi) is 4.03. The minimum absolute atomic E-state index is 0.0543. The van der Waals surface area contributed by atoms with Crippen molar-refractivity contribution in [3.63, 3.8) is 0 Å². The van der Waals surface area contributed by atoms with E-state index in [1.165, 1.54) is 11.3 Å². The molecule has 0 bridgehead atoms. The van der Waals surface area contributed by atoms with Crippen LogP contribution in [-0.4, -0.2) is 21.6 Å². The second kappa shape index (κ2) is 6.25. The Hall–Kier alpha value is -2.67. The molecule has 1 aliphatic rings. The fourth-order valence-corrected chi connectivity index (χ4v) is 3.94. The largest absolute Gasteiger partial charge is 0.326 e. The molecule has 0 aliphatic heterocycles. The maximum atomic E-state index is 12.7. The van der Waals surface area contributed by atoms with E-state index in [9.17, 15) is 9.59 Å². The first-order valence-electron chi connectivity index (χ1n) is 8.58. The first-order chi connectivity index (χ1) is 12.4. The summed E-state index contributed by atoms with van der Waals surface area (Å²) < 4.78 is 1.80. The van der Waals surface area contributed by atoms with Gasteiger partial charge < -0.3 is 10.6 Å². The number of anilines is 2. The van der Waals surface area contributed by atoms with Crippen molar-refractivity contribution >= 4 is 44.7 Å². The molecule has 0 atom stereocenters. The van der Waals surface area contributed by atoms with Gasteiger partial charge in [0, 0.05) is 29.7 Å². The van der Waals surface area contributed by atoms with E-state index in [1.807, 2.05) is 45.2 Å². The molecule has 1 aliphatic carbocycles. The number of hydrogen-bond acceptors (Lipinski definition) is 4. The zero-order chi connectivity index (χ0) is 18.4. The maximum Gasteiger partial charge on any atom is 0.265 e. The molecule has 0 unspecified atom stereocenters. The highest BCUT2D eigenvalue weighted by Gasteiger charge is 2.29. The molecule has 0 radical (unpaired) electrons. The average Bonchev–Trinajstić information content (AvgIpc) is 3.29. The smallest absolute Gasteiger partial charge is 0.265 e. The van der Waals surface area contributed by atoms with Gasteiger partial charge in [-0.15, -0.1) is 11.3 Å². The molecule has 3 aromatic rings. The van der Waals surface area contributed by atoms with Gasteiger partial charge in [0.2, 0.25) is 5.91 Å². The normalized spacial score (nSPS) is 13.8. The Bertz CT molecular complexity index is 995. The van der Waals surface area contributed by atoms with E-state index < -0.39 is 0 Å². The molecule has 6 nitrogen and oxygen atoms in total. The molecule has 7 heteroatoms. The van der Waals surface area contributed by atoms with Crippen LogP contribution in [0.4, 0.5) is 11.4 Å². The van der Waals surface area contributed by atoms with Crippen LogP contribution >= 0.6 is 11.3 Å². The first-order valence-corrected chi connectivity index (χ1v) is 9.40. The Morgan fingerprint density at radius 3 is 2.65 bits per heavy atom. The molecule has 0 spiro atoms. The molecule has 2 aromatic heterocycles. The number of hydrogen-bond donors (Lipinski definition) is 2. The van der Waals surface area contributed by atoms with Crippen LogP contribution in [0.3, 0.4) is 0 Å². The van der Waals surface area contributed by atoms with Gasteiger partial charge in [-0.3, -0.25) is 14.3 Å². The summed E-state index contributed by atoms with van der Waals surface area (Å²) >= 11 is 1.42. The number of aromatic nitrogens is 2. The van der Waals surface area contributed by atoms with E-state index >= 15 is 0 Å². The first kappa shape index (κ1) is 16.8. The lowest BCUT2D eigenvalue weighted by molar-refractivity contribution is -0.117. The predicted octanol–water partition coefficient (Wildman–Crippen LogP) is 3.85. The number of rotatable bonds is 4. The molecule has 1 fully saturated rings. The Morgan fingerprint density at radius 1 is 1.19 bits per heavy atom. The second-order valence-electron chi connectivity index (χ2n) is 6.79. The lowest BCUT2D eigenvalue weighted by atomic mass is 10.1. The van der Waals surface area contributed by atoms with E-state index in [0.717, 1.165) is 34.3 Å². The van der Waals surface area contributed by atoms with Gasteiger partial charge in [-0.25, -0.2) is 0 Å². The van der Waals surface area contributed by atoms with Crippen molar-refractivity contribution in [1.29, 1.82) is 0 Å². The van der Waals surface area contributed by atoms with Crippen molar-refractivity contribution in [2.45, 2.75) is 26.7 Å². The molecular formula is C19H20N4O2S. The standard InChI is InChI=1S/C19H20N4O2S/c1-10-4-7-13(20-17(24)12-5-6-12)8-15(10)21-18(25)16-9-14-11(2)22-23(3)19(14)26-16/h4,7-9,12H,5-6H2,1-3H3,(H,20,24)(H,21,25). The van der Waals surface area contributed by atoms with Crippen molar-refractivity contribution in [2.75, 3.05) is 10.6 Å². The summed E-state index contributed by atoms with van der Waals surface area (Å²) in [6, 6.07) is 7.45. The minimum Gasteiger partial charge on any atom is -0.326 e. The van der Waals surface area contributed by atoms with Crippen LogP contribution in [0.1, 0.15) is 33.8 Å². The fraction of sp³-hybridized carbons (Fsp3) is 0.316. The summed E-state index contributed by atoms with van der Waals surface area (Å²) in [6.45, 7) is 3.87. The van der Waals surface area contributed by atoms with Crippen LogP contribution in [0, 0.1) is 19.8 Å². The van der Waals surface area contributed by atoms with Crippen LogP contribution in [0.15, 0.2) is 24.3 Å². The predicted molar refractivity (Wildman–Crippen MR) is 104 cm³/mol. The van der Waals surface area contributed by atoms with Gasteiger partial charge in [0.25, 0.3) is 5.91 Å². The van der Waals surface area contributed by atoms with Gasteiger partial charge >= 0.3 is 0 Å². The lowest BCUT2D eigenvalue weighted by Gasteiger charge is -2.11. The summed E-state index contributed by atoms with van der Waals surface area (Å²) in [6.07, 6.45) is 1.92. The van der Waals surface area contributed by atoms with Crippen LogP contribution in [-0.2, 0) is 11.8 Å². The maximum absolute atomic E-state index is 12.7. The molecule has 2 amide bonds. The van der Waals surface area contributed by atoms with Gasteiger partial charge in [0.05, 0.1) is 10.6 Å². The quantitative estimate of drug-likeness (QED) is 0.734. The van der Waals surface area contributed by atoms with E-state index in [4.69, 9.17) is 0 Å². The summed E-state index contributed by atoms with van der Waals surface area (Å²) in [4.78, 5) is 26.3. The molecule has 4 rings (SSSR count). The Labute approximate surface area is 155 Å². The number of fused-ring (bicyclic) bond motifs is 1. The average molecular weight is 368 g/mol. The molecule has 134 valence electrons. The number of carbonyl (C=O) groups is 2. The highest BCUT2D eigenvalue weighted by atomic mass is 32.1. The lowest BCUT2D eigenvalue weighted by Crippen LogP contribution is -2.15. The van der Waals surface area contributed by atoms with Crippen LogP contribution < -0.4 is 10.6 Å². The zero-order valence-electron chi connectivity index (χ0n) is 14.9. The van der Waals surface area contributed by atoms with Gasteiger partial charge in [-0.05, 0) is 50.5 Å². The second-order valence-corrected chi connectivity index (χ2v) is 7.82. The molecule has 2 N–H and O–H groups in total. The number of carbonyl (C=O) groups excluding carboxylic acids is 2. The topological polar surface area (TPSA) is 76.0 Å².